The van der Waals surface area contributed by atoms with Gasteiger partial charge in [0.2, 0.25) is 0 Å². The van der Waals surface area contributed by atoms with Gasteiger partial charge in [-0.05, 0) is 111 Å². The summed E-state index contributed by atoms with van der Waals surface area (Å²) in [6.07, 6.45) is 10.2. The topological polar surface area (TPSA) is 61.8 Å². The van der Waals surface area contributed by atoms with Gasteiger partial charge in [0.15, 0.2) is 6.79 Å². The molecule has 8 bridgehead atoms. The SMILES string of the molecule is CC(F)(F)C(=O)OC1C2CC3CC(C2)C(CC(=O)OCOCC2(C)C4CC5CC(C4)CC2C5)C1C3. The van der Waals surface area contributed by atoms with E-state index in [1.54, 1.807) is 0 Å². The predicted molar refractivity (Wildman–Crippen MR) is 123 cm³/mol. The van der Waals surface area contributed by atoms with Crippen LogP contribution in [0.5, 0.6) is 0 Å². The molecule has 196 valence electrons. The lowest BCUT2D eigenvalue weighted by Gasteiger charge is -2.60. The lowest BCUT2D eigenvalue weighted by molar-refractivity contribution is -0.203. The Hall–Kier alpha value is -1.24. The largest absolute Gasteiger partial charge is 0.457 e. The van der Waals surface area contributed by atoms with Crippen LogP contribution in [0.2, 0.25) is 0 Å². The molecule has 0 aromatic carbocycles. The molecule has 5 nitrogen and oxygen atoms in total. The molecule has 8 aliphatic carbocycles. The van der Waals surface area contributed by atoms with Gasteiger partial charge in [0.1, 0.15) is 6.10 Å². The molecule has 35 heavy (non-hydrogen) atoms. The minimum Gasteiger partial charge on any atom is -0.457 e. The second kappa shape index (κ2) is 8.66. The highest BCUT2D eigenvalue weighted by Crippen LogP contribution is 2.62. The van der Waals surface area contributed by atoms with Gasteiger partial charge in [-0.3, -0.25) is 4.79 Å². The molecule has 0 aliphatic heterocycles. The van der Waals surface area contributed by atoms with E-state index >= 15 is 0 Å². The molecule has 8 saturated carbocycles. The van der Waals surface area contributed by atoms with Gasteiger partial charge in [0.05, 0.1) is 6.61 Å². The molecule has 0 amide bonds. The maximum absolute atomic E-state index is 13.5. The Kier molecular flexibility index (Phi) is 5.97. The molecule has 0 heterocycles. The minimum absolute atomic E-state index is 0.0193. The first-order chi connectivity index (χ1) is 16.6. The number of alkyl halides is 2. The summed E-state index contributed by atoms with van der Waals surface area (Å²) < 4.78 is 43.9. The smallest absolute Gasteiger partial charge is 0.376 e. The third-order valence-electron chi connectivity index (χ3n) is 11.2. The first-order valence-corrected chi connectivity index (χ1v) is 13.9. The number of hydrogen-bond acceptors (Lipinski definition) is 5. The summed E-state index contributed by atoms with van der Waals surface area (Å²) in [7, 11) is 0. The molecule has 0 aromatic heterocycles. The van der Waals surface area contributed by atoms with E-state index in [1.807, 2.05) is 0 Å². The van der Waals surface area contributed by atoms with Gasteiger partial charge in [-0.25, -0.2) is 4.79 Å². The second-order valence-electron chi connectivity index (χ2n) is 13.4. The molecule has 0 spiro atoms. The normalized spacial score (nSPS) is 47.2. The fourth-order valence-electron chi connectivity index (χ4n) is 9.83. The van der Waals surface area contributed by atoms with E-state index < -0.39 is 18.0 Å². The van der Waals surface area contributed by atoms with Crippen molar-refractivity contribution in [1.82, 2.24) is 0 Å². The van der Waals surface area contributed by atoms with Gasteiger partial charge in [0.25, 0.3) is 0 Å². The molecule has 0 N–H and O–H groups in total. The second-order valence-corrected chi connectivity index (χ2v) is 13.4. The lowest BCUT2D eigenvalue weighted by atomic mass is 9.46. The summed E-state index contributed by atoms with van der Waals surface area (Å²) in [4.78, 5) is 24.7. The maximum Gasteiger partial charge on any atom is 0.376 e. The van der Waals surface area contributed by atoms with Crippen LogP contribution in [0, 0.1) is 58.7 Å². The van der Waals surface area contributed by atoms with Gasteiger partial charge in [-0.1, -0.05) is 6.92 Å². The van der Waals surface area contributed by atoms with Crippen LogP contribution < -0.4 is 0 Å². The summed E-state index contributed by atoms with van der Waals surface area (Å²) in [6.45, 7) is 3.59. The molecule has 8 rings (SSSR count). The van der Waals surface area contributed by atoms with Crippen molar-refractivity contribution in [3.8, 4) is 0 Å². The molecule has 0 radical (unpaired) electrons. The summed E-state index contributed by atoms with van der Waals surface area (Å²) >= 11 is 0. The van der Waals surface area contributed by atoms with Crippen molar-refractivity contribution in [1.29, 1.82) is 0 Å². The van der Waals surface area contributed by atoms with Gasteiger partial charge < -0.3 is 14.2 Å². The molecule has 0 saturated heterocycles. The summed E-state index contributed by atoms with van der Waals surface area (Å²) in [5.74, 6) is -0.851. The van der Waals surface area contributed by atoms with E-state index in [-0.39, 0.29) is 42.4 Å². The van der Waals surface area contributed by atoms with Crippen LogP contribution in [0.15, 0.2) is 0 Å². The number of rotatable bonds is 8. The monoisotopic (exact) mass is 494 g/mol. The zero-order chi connectivity index (χ0) is 24.5. The first kappa shape index (κ1) is 24.1. The molecule has 0 aromatic rings. The lowest BCUT2D eigenvalue weighted by Crippen LogP contribution is -2.56. The fraction of sp³-hybridized carbons (Fsp3) is 0.929. The van der Waals surface area contributed by atoms with Crippen LogP contribution in [-0.4, -0.2) is 37.4 Å². The summed E-state index contributed by atoms with van der Waals surface area (Å²) in [5, 5.41) is 0. The van der Waals surface area contributed by atoms with E-state index in [1.165, 1.54) is 32.1 Å². The first-order valence-electron chi connectivity index (χ1n) is 13.9. The van der Waals surface area contributed by atoms with Gasteiger partial charge in [-0.2, -0.15) is 8.78 Å². The van der Waals surface area contributed by atoms with Crippen molar-refractivity contribution >= 4 is 11.9 Å². The van der Waals surface area contributed by atoms with Crippen LogP contribution >= 0.6 is 0 Å². The predicted octanol–water partition coefficient (Wildman–Crippen LogP) is 5.61. The molecule has 6 atom stereocenters. The van der Waals surface area contributed by atoms with Crippen molar-refractivity contribution < 1.29 is 32.6 Å². The number of esters is 2. The molecule has 7 heteroatoms. The summed E-state index contributed by atoms with van der Waals surface area (Å²) in [6, 6.07) is 0. The van der Waals surface area contributed by atoms with Crippen molar-refractivity contribution in [2.45, 2.75) is 90.1 Å². The molecule has 8 aliphatic rings. The quantitative estimate of drug-likeness (QED) is 0.250. The third-order valence-corrected chi connectivity index (χ3v) is 11.2. The Labute approximate surface area is 207 Å². The van der Waals surface area contributed by atoms with Gasteiger partial charge >= 0.3 is 17.9 Å². The number of halogens is 2. The van der Waals surface area contributed by atoms with E-state index in [0.29, 0.717) is 25.4 Å². The van der Waals surface area contributed by atoms with Crippen molar-refractivity contribution in [2.24, 2.45) is 58.7 Å². The number of carbonyl (C=O) groups excluding carboxylic acids is 2. The average Bonchev–Trinajstić information content (AvgIpc) is 2.78. The van der Waals surface area contributed by atoms with E-state index in [4.69, 9.17) is 14.2 Å². The van der Waals surface area contributed by atoms with Crippen molar-refractivity contribution in [3.05, 3.63) is 0 Å². The molecule has 6 unspecified atom stereocenters. The Bertz CT molecular complexity index is 825. The van der Waals surface area contributed by atoms with Gasteiger partial charge in [-0.15, -0.1) is 0 Å². The zero-order valence-electron chi connectivity index (χ0n) is 21.1. The van der Waals surface area contributed by atoms with Crippen LogP contribution in [-0.2, 0) is 23.8 Å². The average molecular weight is 495 g/mol. The Morgan fingerprint density at radius 2 is 1.51 bits per heavy atom. The fourth-order valence-corrected chi connectivity index (χ4v) is 9.83. The Morgan fingerprint density at radius 3 is 2.17 bits per heavy atom. The van der Waals surface area contributed by atoms with Crippen molar-refractivity contribution in [2.75, 3.05) is 13.4 Å². The van der Waals surface area contributed by atoms with E-state index in [9.17, 15) is 18.4 Å². The minimum atomic E-state index is -3.49. The Morgan fingerprint density at radius 1 is 0.886 bits per heavy atom. The number of ether oxygens (including phenoxy) is 3. The molecule has 8 fully saturated rings. The Balaban J connectivity index is 1.01. The third kappa shape index (κ3) is 4.31. The van der Waals surface area contributed by atoms with Crippen LogP contribution in [0.25, 0.3) is 0 Å². The van der Waals surface area contributed by atoms with E-state index in [2.05, 4.69) is 6.92 Å². The van der Waals surface area contributed by atoms with Crippen LogP contribution in [0.1, 0.15) is 78.1 Å². The zero-order valence-corrected chi connectivity index (χ0v) is 21.1. The summed E-state index contributed by atoms with van der Waals surface area (Å²) in [5.41, 5.74) is 0.194. The van der Waals surface area contributed by atoms with Crippen LogP contribution in [0.3, 0.4) is 0 Å². The molecular formula is C28H40F2O5. The van der Waals surface area contributed by atoms with Crippen LogP contribution in [0.4, 0.5) is 8.78 Å². The number of hydrogen-bond donors (Lipinski definition) is 0. The highest BCUT2D eigenvalue weighted by atomic mass is 19.3. The van der Waals surface area contributed by atoms with E-state index in [0.717, 1.165) is 49.4 Å². The standard InChI is InChI=1S/C28H40F2O5/c1-27(20-6-15-3-16(8-20)9-21(27)7-15)13-33-14-34-24(31)12-22-18-4-17-5-19(11-18)25(23(22)10-17)35-26(32)28(2,29)30/h15-23,25H,3-14H2,1-2H3. The number of carbonyl (C=O) groups is 2. The van der Waals surface area contributed by atoms with Crippen molar-refractivity contribution in [3.63, 3.8) is 0 Å². The molecular weight excluding hydrogens is 454 g/mol. The highest BCUT2D eigenvalue weighted by molar-refractivity contribution is 5.77. The maximum atomic E-state index is 13.5. The van der Waals surface area contributed by atoms with Gasteiger partial charge in [0, 0.05) is 19.3 Å². The highest BCUT2D eigenvalue weighted by Gasteiger charge is 2.57.